The van der Waals surface area contributed by atoms with Gasteiger partial charge < -0.3 is 9.84 Å². The van der Waals surface area contributed by atoms with Crippen molar-refractivity contribution >= 4 is 5.69 Å². The normalized spacial score (nSPS) is 10.5. The Hall–Kier alpha value is -2.69. The summed E-state index contributed by atoms with van der Waals surface area (Å²) >= 11 is 0. The maximum Gasteiger partial charge on any atom is 0.260 e. The Morgan fingerprint density at radius 1 is 1.10 bits per heavy atom. The fraction of sp³-hybridized carbons (Fsp3) is 0.133. The van der Waals surface area contributed by atoms with Gasteiger partial charge in [-0.15, -0.1) is 0 Å². The molecule has 0 unspecified atom stereocenters. The number of aryl methyl sites for hydroxylation is 1. The van der Waals surface area contributed by atoms with E-state index in [0.717, 1.165) is 22.4 Å². The minimum atomic E-state index is 0.494. The van der Waals surface area contributed by atoms with E-state index >= 15 is 0 Å². The minimum absolute atomic E-state index is 0.494. The molecule has 0 fully saturated rings. The largest absolute Gasteiger partial charge is 0.387 e. The third-order valence-corrected chi connectivity index (χ3v) is 3.13. The van der Waals surface area contributed by atoms with Crippen LogP contribution >= 0.6 is 0 Å². The lowest BCUT2D eigenvalue weighted by atomic mass is 10.1. The molecule has 0 spiro atoms. The lowest BCUT2D eigenvalue weighted by molar-refractivity contribution is 0.432. The van der Waals surface area contributed by atoms with E-state index in [-0.39, 0.29) is 0 Å². The number of benzene rings is 1. The minimum Gasteiger partial charge on any atom is -0.387 e. The highest BCUT2D eigenvalue weighted by atomic mass is 16.5. The van der Waals surface area contributed by atoms with Gasteiger partial charge in [0.2, 0.25) is 5.82 Å². The molecule has 2 aromatic heterocycles. The number of anilines is 1. The number of pyridine rings is 1. The van der Waals surface area contributed by atoms with Crippen LogP contribution in [0.2, 0.25) is 0 Å². The van der Waals surface area contributed by atoms with Crippen molar-refractivity contribution in [3.63, 3.8) is 0 Å². The summed E-state index contributed by atoms with van der Waals surface area (Å²) in [6, 6.07) is 9.73. The first-order chi connectivity index (χ1) is 9.79. The highest BCUT2D eigenvalue weighted by molar-refractivity contribution is 5.73. The summed E-state index contributed by atoms with van der Waals surface area (Å²) < 4.78 is 5.37. The molecule has 0 radical (unpaired) electrons. The molecule has 100 valence electrons. The molecule has 20 heavy (non-hydrogen) atoms. The highest BCUT2D eigenvalue weighted by Crippen LogP contribution is 2.28. The Morgan fingerprint density at radius 3 is 2.75 bits per heavy atom. The molecular weight excluding hydrogens is 252 g/mol. The molecule has 0 saturated heterocycles. The number of hydrogen-bond donors (Lipinski definition) is 1. The summed E-state index contributed by atoms with van der Waals surface area (Å²) in [6.07, 6.45) is 3.49. The van der Waals surface area contributed by atoms with Crippen LogP contribution in [-0.4, -0.2) is 22.2 Å². The van der Waals surface area contributed by atoms with Gasteiger partial charge in [-0.1, -0.05) is 17.3 Å². The fourth-order valence-electron chi connectivity index (χ4n) is 2.03. The summed E-state index contributed by atoms with van der Waals surface area (Å²) in [4.78, 5) is 8.57. The molecule has 2 heterocycles. The van der Waals surface area contributed by atoms with Crippen LogP contribution in [0.1, 0.15) is 5.56 Å². The van der Waals surface area contributed by atoms with Crippen molar-refractivity contribution in [2.24, 2.45) is 0 Å². The van der Waals surface area contributed by atoms with Crippen LogP contribution in [0.5, 0.6) is 0 Å². The van der Waals surface area contributed by atoms with Gasteiger partial charge in [0.05, 0.1) is 5.56 Å². The quantitative estimate of drug-likeness (QED) is 0.789. The molecule has 1 N–H and O–H groups in total. The van der Waals surface area contributed by atoms with Gasteiger partial charge in [-0.2, -0.15) is 4.98 Å². The van der Waals surface area contributed by atoms with E-state index < -0.39 is 0 Å². The van der Waals surface area contributed by atoms with Gasteiger partial charge >= 0.3 is 0 Å². The monoisotopic (exact) mass is 266 g/mol. The van der Waals surface area contributed by atoms with E-state index in [9.17, 15) is 0 Å². The van der Waals surface area contributed by atoms with E-state index in [4.69, 9.17) is 4.52 Å². The molecule has 1 aromatic carbocycles. The Balaban J connectivity index is 2.05. The maximum atomic E-state index is 5.37. The number of hydrogen-bond acceptors (Lipinski definition) is 5. The average molecular weight is 266 g/mol. The third kappa shape index (κ3) is 2.14. The summed E-state index contributed by atoms with van der Waals surface area (Å²) in [5.74, 6) is 1.05. The van der Waals surface area contributed by atoms with Crippen LogP contribution in [0.4, 0.5) is 5.69 Å². The molecule has 0 bridgehead atoms. The first-order valence-corrected chi connectivity index (χ1v) is 6.31. The van der Waals surface area contributed by atoms with Crippen LogP contribution in [0.3, 0.4) is 0 Å². The van der Waals surface area contributed by atoms with Crippen molar-refractivity contribution < 1.29 is 4.52 Å². The predicted octanol–water partition coefficient (Wildman–Crippen LogP) is 3.15. The Kier molecular flexibility index (Phi) is 3.16. The van der Waals surface area contributed by atoms with Crippen molar-refractivity contribution in [2.45, 2.75) is 6.92 Å². The molecule has 0 aliphatic heterocycles. The number of nitrogens with one attached hydrogen (secondary N) is 1. The van der Waals surface area contributed by atoms with Gasteiger partial charge in [0.15, 0.2) is 0 Å². The smallest absolute Gasteiger partial charge is 0.260 e. The van der Waals surface area contributed by atoms with Gasteiger partial charge in [-0.25, -0.2) is 0 Å². The topological polar surface area (TPSA) is 63.8 Å². The first-order valence-electron chi connectivity index (χ1n) is 6.31. The summed E-state index contributed by atoms with van der Waals surface area (Å²) in [5, 5.41) is 7.16. The van der Waals surface area contributed by atoms with E-state index in [2.05, 4.69) is 20.4 Å². The molecule has 3 aromatic rings. The molecular formula is C15H14N4O. The van der Waals surface area contributed by atoms with E-state index in [0.29, 0.717) is 11.7 Å². The van der Waals surface area contributed by atoms with Gasteiger partial charge in [-0.05, 0) is 30.7 Å². The lowest BCUT2D eigenvalue weighted by Gasteiger charge is -2.03. The van der Waals surface area contributed by atoms with Gasteiger partial charge in [-0.3, -0.25) is 4.98 Å². The Labute approximate surface area is 116 Å². The highest BCUT2D eigenvalue weighted by Gasteiger charge is 2.14. The summed E-state index contributed by atoms with van der Waals surface area (Å²) in [7, 11) is 1.86. The van der Waals surface area contributed by atoms with Crippen molar-refractivity contribution in [1.82, 2.24) is 15.1 Å². The maximum absolute atomic E-state index is 5.37. The molecule has 3 rings (SSSR count). The second-order valence-electron chi connectivity index (χ2n) is 4.41. The zero-order valence-electron chi connectivity index (χ0n) is 11.3. The molecule has 0 aliphatic rings. The van der Waals surface area contributed by atoms with Crippen molar-refractivity contribution in [3.05, 3.63) is 48.3 Å². The Morgan fingerprint density at radius 2 is 1.95 bits per heavy atom. The van der Waals surface area contributed by atoms with Crippen molar-refractivity contribution in [2.75, 3.05) is 12.4 Å². The number of rotatable bonds is 3. The van der Waals surface area contributed by atoms with Gasteiger partial charge in [0, 0.05) is 30.7 Å². The average Bonchev–Trinajstić information content (AvgIpc) is 2.97. The zero-order valence-corrected chi connectivity index (χ0v) is 11.3. The molecule has 0 aliphatic carbocycles. The molecule has 0 atom stereocenters. The van der Waals surface area contributed by atoms with Crippen LogP contribution in [0.25, 0.3) is 22.8 Å². The van der Waals surface area contributed by atoms with Crippen LogP contribution in [0.15, 0.2) is 47.2 Å². The summed E-state index contributed by atoms with van der Waals surface area (Å²) in [6.45, 7) is 1.99. The zero-order chi connectivity index (χ0) is 13.9. The van der Waals surface area contributed by atoms with Gasteiger partial charge in [0.1, 0.15) is 0 Å². The van der Waals surface area contributed by atoms with E-state index in [1.165, 1.54) is 0 Å². The molecule has 0 saturated carbocycles. The lowest BCUT2D eigenvalue weighted by Crippen LogP contribution is -1.91. The SMILES string of the molecule is CNc1ccccc1-c1nc(-c2cnccc2C)no1. The standard InChI is InChI=1S/C15H14N4O/c1-10-7-8-17-9-12(10)14-18-15(20-19-14)11-5-3-4-6-13(11)16-2/h3-9,16H,1-2H3. The third-order valence-electron chi connectivity index (χ3n) is 3.13. The van der Waals surface area contributed by atoms with Crippen LogP contribution in [-0.2, 0) is 0 Å². The Bertz CT molecular complexity index is 736. The predicted molar refractivity (Wildman–Crippen MR) is 77.2 cm³/mol. The molecule has 5 heteroatoms. The second kappa shape index (κ2) is 5.13. The molecule has 5 nitrogen and oxygen atoms in total. The number of nitrogens with zero attached hydrogens (tertiary/aromatic N) is 3. The van der Waals surface area contributed by atoms with Crippen LogP contribution in [0, 0.1) is 6.92 Å². The number of para-hydroxylation sites is 1. The van der Waals surface area contributed by atoms with E-state index in [1.54, 1.807) is 12.4 Å². The van der Waals surface area contributed by atoms with Crippen molar-refractivity contribution in [3.8, 4) is 22.8 Å². The first kappa shape index (κ1) is 12.3. The van der Waals surface area contributed by atoms with E-state index in [1.807, 2.05) is 44.3 Å². The number of aromatic nitrogens is 3. The molecule has 0 amide bonds. The van der Waals surface area contributed by atoms with Crippen molar-refractivity contribution in [1.29, 1.82) is 0 Å². The summed E-state index contributed by atoms with van der Waals surface area (Å²) in [5.41, 5.74) is 3.78. The fourth-order valence-corrected chi connectivity index (χ4v) is 2.03. The van der Waals surface area contributed by atoms with Crippen LogP contribution < -0.4 is 5.32 Å². The van der Waals surface area contributed by atoms with Gasteiger partial charge in [0.25, 0.3) is 5.89 Å². The second-order valence-corrected chi connectivity index (χ2v) is 4.41.